The van der Waals surface area contributed by atoms with Crippen LogP contribution in [0.5, 0.6) is 5.75 Å². The van der Waals surface area contributed by atoms with Gasteiger partial charge < -0.3 is 20.7 Å². The van der Waals surface area contributed by atoms with Gasteiger partial charge >= 0.3 is 6.61 Å². The average molecular weight is 348 g/mol. The van der Waals surface area contributed by atoms with Crippen LogP contribution in [0.4, 0.5) is 20.2 Å². The quantitative estimate of drug-likeness (QED) is 0.838. The van der Waals surface area contributed by atoms with Gasteiger partial charge in [-0.1, -0.05) is 12.1 Å². The van der Waals surface area contributed by atoms with Crippen molar-refractivity contribution in [3.05, 3.63) is 48.3 Å². The van der Waals surface area contributed by atoms with Crippen molar-refractivity contribution in [2.45, 2.75) is 19.1 Å². The molecule has 3 rings (SSSR count). The molecule has 0 bridgehead atoms. The number of primary amides is 1. The van der Waals surface area contributed by atoms with Gasteiger partial charge in [-0.2, -0.15) is 8.78 Å². The molecule has 1 fully saturated rings. The Bertz CT molecular complexity index is 757. The van der Waals surface area contributed by atoms with E-state index in [1.807, 2.05) is 4.90 Å². The molecule has 1 aliphatic heterocycles. The molecule has 1 aromatic heterocycles. The van der Waals surface area contributed by atoms with Gasteiger partial charge in [0.25, 0.3) is 5.91 Å². The first-order valence-corrected chi connectivity index (χ1v) is 7.83. The van der Waals surface area contributed by atoms with E-state index in [1.54, 1.807) is 30.5 Å². The highest BCUT2D eigenvalue weighted by atomic mass is 19.3. The Kier molecular flexibility index (Phi) is 4.97. The maximum Gasteiger partial charge on any atom is 0.387 e. The average Bonchev–Trinajstić information content (AvgIpc) is 3.03. The Morgan fingerprint density at radius 2 is 2.16 bits per heavy atom. The number of alkyl halides is 2. The fourth-order valence-electron chi connectivity index (χ4n) is 2.95. The zero-order valence-corrected chi connectivity index (χ0v) is 13.4. The molecule has 1 aromatic carbocycles. The van der Waals surface area contributed by atoms with Gasteiger partial charge in [-0.25, -0.2) is 0 Å². The van der Waals surface area contributed by atoms with Gasteiger partial charge in [0.05, 0.1) is 16.9 Å². The second-order valence-electron chi connectivity index (χ2n) is 5.71. The summed E-state index contributed by atoms with van der Waals surface area (Å²) in [6.45, 7) is -1.60. The van der Waals surface area contributed by atoms with E-state index in [-0.39, 0.29) is 11.8 Å². The third-order valence-corrected chi connectivity index (χ3v) is 4.06. The molecular weight excluding hydrogens is 330 g/mol. The lowest BCUT2D eigenvalue weighted by molar-refractivity contribution is -0.0495. The maximum atomic E-state index is 12.6. The van der Waals surface area contributed by atoms with Gasteiger partial charge in [0.1, 0.15) is 5.75 Å². The Hall–Kier alpha value is -2.90. The molecule has 25 heavy (non-hydrogen) atoms. The van der Waals surface area contributed by atoms with Crippen molar-refractivity contribution in [2.75, 3.05) is 23.3 Å². The summed E-state index contributed by atoms with van der Waals surface area (Å²) in [4.78, 5) is 17.3. The minimum absolute atomic E-state index is 0.0418. The second kappa shape index (κ2) is 7.33. The smallest absolute Gasteiger partial charge is 0.387 e. The van der Waals surface area contributed by atoms with Crippen LogP contribution < -0.4 is 20.7 Å². The zero-order chi connectivity index (χ0) is 17.8. The molecule has 0 aliphatic carbocycles. The van der Waals surface area contributed by atoms with Crippen LogP contribution in [-0.4, -0.2) is 36.6 Å². The number of benzene rings is 1. The minimum atomic E-state index is -2.87. The van der Waals surface area contributed by atoms with Crippen LogP contribution in [0.25, 0.3) is 0 Å². The van der Waals surface area contributed by atoms with E-state index >= 15 is 0 Å². The van der Waals surface area contributed by atoms with E-state index in [2.05, 4.69) is 15.0 Å². The summed E-state index contributed by atoms with van der Waals surface area (Å²) in [5, 5.41) is 3.28. The van der Waals surface area contributed by atoms with Gasteiger partial charge in [-0.05, 0) is 24.6 Å². The molecule has 2 heterocycles. The lowest BCUT2D eigenvalue weighted by Gasteiger charge is -2.22. The van der Waals surface area contributed by atoms with Crippen LogP contribution in [0.1, 0.15) is 16.8 Å². The number of rotatable bonds is 6. The number of pyridine rings is 1. The largest absolute Gasteiger partial charge is 0.433 e. The first-order chi connectivity index (χ1) is 12.0. The predicted octanol–water partition coefficient (Wildman–Crippen LogP) is 2.47. The number of amides is 1. The Balaban J connectivity index is 1.72. The number of carbonyl (C=O) groups is 1. The molecule has 3 N–H and O–H groups in total. The Labute approximate surface area is 143 Å². The normalized spacial score (nSPS) is 16.9. The standard InChI is InChI=1S/C17H18F2N4O2/c18-17(19)25-15-4-2-1-3-14(15)23-8-6-11(10-23)22-13-5-7-21-9-12(13)16(20)24/h1-5,7,9,11,17H,6,8,10H2,(H2,20,24)(H,21,22)/t11-/m1/s1. The summed E-state index contributed by atoms with van der Waals surface area (Å²) in [5.41, 5.74) is 6.92. The number of nitrogens with one attached hydrogen (secondary N) is 1. The number of nitrogens with two attached hydrogens (primary N) is 1. The van der Waals surface area contributed by atoms with Crippen LogP contribution in [0.2, 0.25) is 0 Å². The van der Waals surface area contributed by atoms with E-state index in [4.69, 9.17) is 5.73 Å². The predicted molar refractivity (Wildman–Crippen MR) is 90.1 cm³/mol. The van der Waals surface area contributed by atoms with Gasteiger partial charge in [-0.15, -0.1) is 0 Å². The summed E-state index contributed by atoms with van der Waals surface area (Å²) in [5.74, 6) is -0.402. The first kappa shape index (κ1) is 16.9. The van der Waals surface area contributed by atoms with Crippen molar-refractivity contribution in [3.63, 3.8) is 0 Å². The third-order valence-electron chi connectivity index (χ3n) is 4.06. The molecule has 0 unspecified atom stereocenters. The van der Waals surface area contributed by atoms with Gasteiger partial charge in [0, 0.05) is 31.5 Å². The van der Waals surface area contributed by atoms with E-state index < -0.39 is 12.5 Å². The number of halogens is 2. The van der Waals surface area contributed by atoms with Gasteiger partial charge in [0.2, 0.25) is 0 Å². The van der Waals surface area contributed by atoms with Crippen LogP contribution in [0.3, 0.4) is 0 Å². The van der Waals surface area contributed by atoms with Gasteiger partial charge in [-0.3, -0.25) is 9.78 Å². The molecule has 0 saturated carbocycles. The van der Waals surface area contributed by atoms with E-state index in [9.17, 15) is 13.6 Å². The van der Waals surface area contributed by atoms with E-state index in [0.29, 0.717) is 30.0 Å². The molecule has 8 heteroatoms. The molecule has 1 saturated heterocycles. The number of para-hydroxylation sites is 2. The Morgan fingerprint density at radius 3 is 2.92 bits per heavy atom. The van der Waals surface area contributed by atoms with Crippen LogP contribution in [0.15, 0.2) is 42.7 Å². The van der Waals surface area contributed by atoms with Crippen LogP contribution in [0, 0.1) is 0 Å². The van der Waals surface area contributed by atoms with Crippen molar-refractivity contribution < 1.29 is 18.3 Å². The summed E-state index contributed by atoms with van der Waals surface area (Å²) in [6, 6.07) is 8.44. The van der Waals surface area contributed by atoms with E-state index in [0.717, 1.165) is 6.42 Å². The highest BCUT2D eigenvalue weighted by Gasteiger charge is 2.26. The lowest BCUT2D eigenvalue weighted by Crippen LogP contribution is -2.27. The number of aromatic nitrogens is 1. The molecule has 132 valence electrons. The number of hydrogen-bond donors (Lipinski definition) is 2. The van der Waals surface area contributed by atoms with Crippen molar-refractivity contribution in [1.82, 2.24) is 4.98 Å². The first-order valence-electron chi connectivity index (χ1n) is 7.83. The minimum Gasteiger partial charge on any atom is -0.433 e. The molecule has 0 radical (unpaired) electrons. The number of hydrogen-bond acceptors (Lipinski definition) is 5. The van der Waals surface area contributed by atoms with Gasteiger partial charge in [0.15, 0.2) is 0 Å². The molecule has 1 atom stereocenters. The molecule has 1 aliphatic rings. The van der Waals surface area contributed by atoms with Crippen molar-refractivity contribution >= 4 is 17.3 Å². The third kappa shape index (κ3) is 3.96. The second-order valence-corrected chi connectivity index (χ2v) is 5.71. The van der Waals surface area contributed by atoms with Crippen LogP contribution >= 0.6 is 0 Å². The SMILES string of the molecule is NC(=O)c1cnccc1N[C@@H]1CCN(c2ccccc2OC(F)F)C1. The van der Waals surface area contributed by atoms with Crippen molar-refractivity contribution in [1.29, 1.82) is 0 Å². The van der Waals surface area contributed by atoms with Crippen molar-refractivity contribution in [3.8, 4) is 5.75 Å². The monoisotopic (exact) mass is 348 g/mol. The number of nitrogens with zero attached hydrogens (tertiary/aromatic N) is 2. The maximum absolute atomic E-state index is 12.6. The lowest BCUT2D eigenvalue weighted by atomic mass is 10.2. The molecule has 6 nitrogen and oxygen atoms in total. The molecule has 0 spiro atoms. The topological polar surface area (TPSA) is 80.5 Å². The summed E-state index contributed by atoms with van der Waals surface area (Å²) in [6.07, 6.45) is 3.78. The number of carbonyl (C=O) groups excluding carboxylic acids is 1. The Morgan fingerprint density at radius 1 is 1.36 bits per heavy atom. The highest BCUT2D eigenvalue weighted by Crippen LogP contribution is 2.32. The fourth-order valence-corrected chi connectivity index (χ4v) is 2.95. The summed E-state index contributed by atoms with van der Waals surface area (Å²) >= 11 is 0. The van der Waals surface area contributed by atoms with Crippen molar-refractivity contribution in [2.24, 2.45) is 5.73 Å². The summed E-state index contributed by atoms with van der Waals surface area (Å²) < 4.78 is 29.7. The van der Waals surface area contributed by atoms with Crippen LogP contribution in [-0.2, 0) is 0 Å². The molecule has 1 amide bonds. The number of ether oxygens (including phenoxy) is 1. The molecule has 2 aromatic rings. The van der Waals surface area contributed by atoms with E-state index in [1.165, 1.54) is 12.3 Å². The zero-order valence-electron chi connectivity index (χ0n) is 13.4. The fraction of sp³-hybridized carbons (Fsp3) is 0.294. The summed E-state index contributed by atoms with van der Waals surface area (Å²) in [7, 11) is 0. The highest BCUT2D eigenvalue weighted by molar-refractivity contribution is 5.98. The number of anilines is 2. The molecular formula is C17H18F2N4O2.